The highest BCUT2D eigenvalue weighted by Crippen LogP contribution is 2.51. The quantitative estimate of drug-likeness (QED) is 0.583. The van der Waals surface area contributed by atoms with Crippen molar-refractivity contribution in [1.29, 1.82) is 0 Å². The predicted octanol–water partition coefficient (Wildman–Crippen LogP) is 1.66. The topological polar surface area (TPSA) is 55.5 Å². The molecule has 0 spiro atoms. The van der Waals surface area contributed by atoms with Crippen LogP contribution in [0.4, 0.5) is 5.69 Å². The van der Waals surface area contributed by atoms with E-state index in [9.17, 15) is 5.11 Å². The number of benzene rings is 1. The third-order valence-corrected chi connectivity index (χ3v) is 3.07. The van der Waals surface area contributed by atoms with Crippen molar-refractivity contribution in [3.8, 4) is 0 Å². The Morgan fingerprint density at radius 1 is 1.40 bits per heavy atom. The lowest BCUT2D eigenvalue weighted by atomic mass is 9.95. The normalized spacial score (nSPS) is 19.9. The molecule has 3 heteroatoms. The molecule has 1 unspecified atom stereocenters. The molecule has 1 aliphatic rings. The predicted molar refractivity (Wildman–Crippen MR) is 59.4 cm³/mol. The summed E-state index contributed by atoms with van der Waals surface area (Å²) >= 11 is 0. The summed E-state index contributed by atoms with van der Waals surface area (Å²) in [5.74, 6) is 0. The van der Waals surface area contributed by atoms with Crippen LogP contribution in [0.15, 0.2) is 24.3 Å². The van der Waals surface area contributed by atoms with Gasteiger partial charge in [0.15, 0.2) is 6.29 Å². The molecule has 0 heterocycles. The summed E-state index contributed by atoms with van der Waals surface area (Å²) in [4.78, 5) is 0. The van der Waals surface area contributed by atoms with Crippen LogP contribution in [0.1, 0.15) is 25.3 Å². The van der Waals surface area contributed by atoms with Crippen molar-refractivity contribution < 1.29 is 9.84 Å². The summed E-state index contributed by atoms with van der Waals surface area (Å²) in [6, 6.07) is 7.69. The molecule has 1 fully saturated rings. The van der Waals surface area contributed by atoms with Gasteiger partial charge >= 0.3 is 0 Å². The molecule has 0 aromatic heterocycles. The van der Waals surface area contributed by atoms with Crippen LogP contribution in [0.5, 0.6) is 0 Å². The summed E-state index contributed by atoms with van der Waals surface area (Å²) in [5, 5.41) is 9.91. The van der Waals surface area contributed by atoms with Crippen molar-refractivity contribution in [3.63, 3.8) is 0 Å². The molecule has 0 aliphatic heterocycles. The zero-order valence-electron chi connectivity index (χ0n) is 8.94. The molecule has 3 N–H and O–H groups in total. The monoisotopic (exact) mass is 207 g/mol. The highest BCUT2D eigenvalue weighted by atomic mass is 16.6. The van der Waals surface area contributed by atoms with E-state index >= 15 is 0 Å². The van der Waals surface area contributed by atoms with E-state index in [0.29, 0.717) is 6.61 Å². The largest absolute Gasteiger partial charge is 0.399 e. The van der Waals surface area contributed by atoms with Gasteiger partial charge in [-0.25, -0.2) is 0 Å². The summed E-state index contributed by atoms with van der Waals surface area (Å²) < 4.78 is 5.28. The number of hydrogen-bond donors (Lipinski definition) is 2. The minimum atomic E-state index is -0.689. The van der Waals surface area contributed by atoms with Crippen LogP contribution in [0.25, 0.3) is 0 Å². The molecule has 0 radical (unpaired) electrons. The maximum Gasteiger partial charge on any atom is 0.164 e. The van der Waals surface area contributed by atoms with E-state index in [1.807, 2.05) is 31.2 Å². The van der Waals surface area contributed by atoms with Gasteiger partial charge in [-0.3, -0.25) is 0 Å². The molecule has 2 rings (SSSR count). The van der Waals surface area contributed by atoms with E-state index in [-0.39, 0.29) is 5.41 Å². The number of nitrogen functional groups attached to an aromatic ring is 1. The van der Waals surface area contributed by atoms with E-state index in [4.69, 9.17) is 10.5 Å². The van der Waals surface area contributed by atoms with Crippen molar-refractivity contribution in [2.45, 2.75) is 31.5 Å². The van der Waals surface area contributed by atoms with Crippen LogP contribution in [0, 0.1) is 0 Å². The lowest BCUT2D eigenvalue weighted by molar-refractivity contribution is -0.119. The first-order valence-electron chi connectivity index (χ1n) is 5.35. The fourth-order valence-corrected chi connectivity index (χ4v) is 1.95. The number of anilines is 1. The van der Waals surface area contributed by atoms with E-state index in [2.05, 4.69) is 0 Å². The Morgan fingerprint density at radius 3 is 2.47 bits per heavy atom. The van der Waals surface area contributed by atoms with Gasteiger partial charge in [-0.2, -0.15) is 0 Å². The Balaban J connectivity index is 2.19. The number of aliphatic hydroxyl groups is 1. The Bertz CT molecular complexity index is 330. The first-order valence-corrected chi connectivity index (χ1v) is 5.35. The van der Waals surface area contributed by atoms with Gasteiger partial charge in [-0.15, -0.1) is 0 Å². The van der Waals surface area contributed by atoms with Gasteiger partial charge in [0.1, 0.15) is 0 Å². The molecular formula is C12H17NO2. The van der Waals surface area contributed by atoms with Gasteiger partial charge in [0.2, 0.25) is 0 Å². The second-order valence-corrected chi connectivity index (χ2v) is 4.09. The average Bonchev–Trinajstić information content (AvgIpc) is 3.00. The van der Waals surface area contributed by atoms with Gasteiger partial charge in [0.05, 0.1) is 0 Å². The third-order valence-electron chi connectivity index (χ3n) is 3.07. The number of rotatable bonds is 4. The average molecular weight is 207 g/mol. The second-order valence-electron chi connectivity index (χ2n) is 4.09. The Kier molecular flexibility index (Phi) is 2.67. The number of nitrogens with two attached hydrogens (primary N) is 1. The van der Waals surface area contributed by atoms with Gasteiger partial charge in [0, 0.05) is 17.7 Å². The summed E-state index contributed by atoms with van der Waals surface area (Å²) in [6.45, 7) is 2.43. The van der Waals surface area contributed by atoms with Gasteiger partial charge in [-0.05, 0) is 37.5 Å². The van der Waals surface area contributed by atoms with Crippen molar-refractivity contribution in [1.82, 2.24) is 0 Å². The maximum absolute atomic E-state index is 9.91. The molecule has 1 aromatic carbocycles. The fraction of sp³-hybridized carbons (Fsp3) is 0.500. The number of aliphatic hydroxyl groups excluding tert-OH is 1. The molecule has 1 atom stereocenters. The molecule has 0 amide bonds. The van der Waals surface area contributed by atoms with E-state index in [0.717, 1.165) is 24.1 Å². The van der Waals surface area contributed by atoms with Crippen molar-refractivity contribution in [3.05, 3.63) is 29.8 Å². The van der Waals surface area contributed by atoms with Crippen LogP contribution >= 0.6 is 0 Å². The molecule has 1 aliphatic carbocycles. The van der Waals surface area contributed by atoms with Crippen LogP contribution in [0.3, 0.4) is 0 Å². The van der Waals surface area contributed by atoms with Crippen LogP contribution in [-0.2, 0) is 10.2 Å². The Hall–Kier alpha value is -1.06. The van der Waals surface area contributed by atoms with Crippen LogP contribution < -0.4 is 5.73 Å². The lowest BCUT2D eigenvalue weighted by Gasteiger charge is -2.22. The van der Waals surface area contributed by atoms with Gasteiger partial charge in [0.25, 0.3) is 0 Å². The third kappa shape index (κ3) is 1.85. The first kappa shape index (κ1) is 10.5. The number of hydrogen-bond acceptors (Lipinski definition) is 3. The molecular weight excluding hydrogens is 190 g/mol. The van der Waals surface area contributed by atoms with Crippen LogP contribution in [0.2, 0.25) is 0 Å². The Morgan fingerprint density at radius 2 is 2.00 bits per heavy atom. The fourth-order valence-electron chi connectivity index (χ4n) is 1.95. The number of ether oxygens (including phenoxy) is 1. The minimum Gasteiger partial charge on any atom is -0.399 e. The summed E-state index contributed by atoms with van der Waals surface area (Å²) in [7, 11) is 0. The standard InChI is InChI=1S/C12H17NO2/c1-2-15-11(14)12(7-8-12)9-3-5-10(13)6-4-9/h3-6,11,14H,2,7-8,13H2,1H3. The molecule has 3 nitrogen and oxygen atoms in total. The lowest BCUT2D eigenvalue weighted by Crippen LogP contribution is -2.28. The van der Waals surface area contributed by atoms with Crippen molar-refractivity contribution in [2.75, 3.05) is 12.3 Å². The van der Waals surface area contributed by atoms with Gasteiger partial charge < -0.3 is 15.6 Å². The zero-order chi connectivity index (χ0) is 10.9. The molecule has 1 saturated carbocycles. The highest BCUT2D eigenvalue weighted by molar-refractivity contribution is 5.43. The molecule has 1 aromatic rings. The highest BCUT2D eigenvalue weighted by Gasteiger charge is 2.51. The van der Waals surface area contributed by atoms with E-state index in [1.54, 1.807) is 0 Å². The molecule has 15 heavy (non-hydrogen) atoms. The van der Waals surface area contributed by atoms with E-state index < -0.39 is 6.29 Å². The zero-order valence-corrected chi connectivity index (χ0v) is 8.94. The second kappa shape index (κ2) is 3.83. The van der Waals surface area contributed by atoms with E-state index in [1.165, 1.54) is 0 Å². The first-order chi connectivity index (χ1) is 7.19. The Labute approximate surface area is 89.9 Å². The maximum atomic E-state index is 9.91. The van der Waals surface area contributed by atoms with Crippen molar-refractivity contribution in [2.24, 2.45) is 0 Å². The minimum absolute atomic E-state index is 0.177. The van der Waals surface area contributed by atoms with Gasteiger partial charge in [-0.1, -0.05) is 12.1 Å². The summed E-state index contributed by atoms with van der Waals surface area (Å²) in [5.41, 5.74) is 7.33. The van der Waals surface area contributed by atoms with Crippen molar-refractivity contribution >= 4 is 5.69 Å². The SMILES string of the molecule is CCOC(O)C1(c2ccc(N)cc2)CC1. The smallest absolute Gasteiger partial charge is 0.164 e. The molecule has 82 valence electrons. The summed E-state index contributed by atoms with van der Waals surface area (Å²) in [6.07, 6.45) is 1.28. The van der Waals surface area contributed by atoms with Crippen LogP contribution in [-0.4, -0.2) is 18.0 Å². The molecule has 0 bridgehead atoms. The molecule has 0 saturated heterocycles.